The van der Waals surface area contributed by atoms with E-state index < -0.39 is 0 Å². The highest BCUT2D eigenvalue weighted by Crippen LogP contribution is 2.19. The van der Waals surface area contributed by atoms with E-state index in [-0.39, 0.29) is 6.04 Å². The Hall–Kier alpha value is -0.720. The lowest BCUT2D eigenvalue weighted by atomic mass is 10.2. The van der Waals surface area contributed by atoms with Crippen LogP contribution in [-0.4, -0.2) is 47.1 Å². The average molecular weight is 256 g/mol. The highest BCUT2D eigenvalue weighted by atomic mass is 32.1. The Morgan fingerprint density at radius 1 is 1.50 bits per heavy atom. The normalized spacial score (nSPS) is 19.7. The summed E-state index contributed by atoms with van der Waals surface area (Å²) in [5, 5.41) is 3.13. The van der Waals surface area contributed by atoms with E-state index in [0.29, 0.717) is 4.99 Å². The zero-order chi connectivity index (χ0) is 11.5. The number of nitrogens with zero attached hydrogens (tertiary/aromatic N) is 3. The third kappa shape index (κ3) is 2.50. The van der Waals surface area contributed by atoms with Gasteiger partial charge in [-0.15, -0.1) is 11.3 Å². The van der Waals surface area contributed by atoms with Crippen molar-refractivity contribution in [2.24, 2.45) is 5.73 Å². The molecule has 0 aliphatic carbocycles. The number of aromatic nitrogens is 1. The third-order valence-electron chi connectivity index (χ3n) is 2.96. The molecule has 0 saturated carbocycles. The molecule has 0 aromatic carbocycles. The molecular formula is C10H16N4S2. The molecule has 2 N–H and O–H groups in total. The summed E-state index contributed by atoms with van der Waals surface area (Å²) in [6, 6.07) is 0.202. The first kappa shape index (κ1) is 11.8. The van der Waals surface area contributed by atoms with Gasteiger partial charge in [-0.1, -0.05) is 12.2 Å². The molecule has 1 saturated heterocycles. The largest absolute Gasteiger partial charge is 0.392 e. The molecule has 0 spiro atoms. The molecule has 0 amide bonds. The van der Waals surface area contributed by atoms with Crippen molar-refractivity contribution in [3.05, 3.63) is 11.6 Å². The van der Waals surface area contributed by atoms with Gasteiger partial charge in [0.1, 0.15) is 0 Å². The summed E-state index contributed by atoms with van der Waals surface area (Å²) >= 11 is 6.71. The maximum absolute atomic E-state index is 5.66. The second kappa shape index (κ2) is 5.07. The summed E-state index contributed by atoms with van der Waals surface area (Å²) in [6.07, 6.45) is 1.85. The van der Waals surface area contributed by atoms with Crippen molar-refractivity contribution < 1.29 is 0 Å². The first-order valence-electron chi connectivity index (χ1n) is 5.36. The van der Waals surface area contributed by atoms with E-state index in [1.165, 1.54) is 0 Å². The van der Waals surface area contributed by atoms with Crippen molar-refractivity contribution in [3.63, 3.8) is 0 Å². The molecule has 4 nitrogen and oxygen atoms in total. The fraction of sp³-hybridized carbons (Fsp3) is 0.600. The lowest BCUT2D eigenvalue weighted by molar-refractivity contribution is 0.239. The van der Waals surface area contributed by atoms with Gasteiger partial charge < -0.3 is 10.6 Å². The van der Waals surface area contributed by atoms with Crippen molar-refractivity contribution in [2.45, 2.75) is 13.0 Å². The zero-order valence-electron chi connectivity index (χ0n) is 9.30. The van der Waals surface area contributed by atoms with E-state index in [1.54, 1.807) is 11.3 Å². The van der Waals surface area contributed by atoms with Crippen molar-refractivity contribution in [3.8, 4) is 0 Å². The molecule has 16 heavy (non-hydrogen) atoms. The predicted octanol–water partition coefficient (Wildman–Crippen LogP) is 0.940. The number of hydrogen-bond donors (Lipinski definition) is 1. The van der Waals surface area contributed by atoms with Crippen LogP contribution >= 0.6 is 23.6 Å². The summed E-state index contributed by atoms with van der Waals surface area (Å²) < 4.78 is 0. The lowest BCUT2D eigenvalue weighted by Gasteiger charge is -2.37. The number of nitrogens with two attached hydrogens (primary N) is 1. The molecule has 6 heteroatoms. The Kier molecular flexibility index (Phi) is 3.73. The molecule has 1 aromatic rings. The van der Waals surface area contributed by atoms with Crippen LogP contribution in [0.5, 0.6) is 0 Å². The molecule has 2 heterocycles. The second-order valence-corrected chi connectivity index (χ2v) is 5.26. The molecule has 0 bridgehead atoms. The number of hydrogen-bond acceptors (Lipinski definition) is 5. The molecule has 0 radical (unpaired) electrons. The smallest absolute Gasteiger partial charge is 0.185 e. The summed E-state index contributed by atoms with van der Waals surface area (Å²) in [4.78, 5) is 9.54. The first-order valence-corrected chi connectivity index (χ1v) is 6.65. The third-order valence-corrected chi connectivity index (χ3v) is 4.14. The van der Waals surface area contributed by atoms with E-state index >= 15 is 0 Å². The Morgan fingerprint density at radius 2 is 2.19 bits per heavy atom. The fourth-order valence-electron chi connectivity index (χ4n) is 1.85. The van der Waals surface area contributed by atoms with Gasteiger partial charge in [-0.2, -0.15) is 0 Å². The summed E-state index contributed by atoms with van der Waals surface area (Å²) in [7, 11) is 0. The van der Waals surface area contributed by atoms with Crippen LogP contribution in [-0.2, 0) is 0 Å². The van der Waals surface area contributed by atoms with Gasteiger partial charge in [-0.05, 0) is 6.92 Å². The van der Waals surface area contributed by atoms with Gasteiger partial charge in [-0.25, -0.2) is 4.98 Å². The van der Waals surface area contributed by atoms with Gasteiger partial charge in [-0.3, -0.25) is 4.90 Å². The van der Waals surface area contributed by atoms with E-state index in [1.807, 2.05) is 11.6 Å². The minimum Gasteiger partial charge on any atom is -0.392 e. The first-order chi connectivity index (χ1) is 7.68. The zero-order valence-corrected chi connectivity index (χ0v) is 10.9. The van der Waals surface area contributed by atoms with Gasteiger partial charge in [0.05, 0.1) is 11.0 Å². The van der Waals surface area contributed by atoms with E-state index in [9.17, 15) is 0 Å². The van der Waals surface area contributed by atoms with Gasteiger partial charge in [0, 0.05) is 37.8 Å². The number of rotatable bonds is 3. The molecule has 1 atom stereocenters. The number of anilines is 1. The molecule has 2 rings (SSSR count). The van der Waals surface area contributed by atoms with E-state index in [2.05, 4.69) is 21.7 Å². The molecule has 1 unspecified atom stereocenters. The van der Waals surface area contributed by atoms with Crippen LogP contribution in [0.1, 0.15) is 6.92 Å². The quantitative estimate of drug-likeness (QED) is 0.816. The molecule has 1 aliphatic heterocycles. The van der Waals surface area contributed by atoms with Crippen molar-refractivity contribution in [1.82, 2.24) is 9.88 Å². The topological polar surface area (TPSA) is 45.4 Å². The highest BCUT2D eigenvalue weighted by molar-refractivity contribution is 7.80. The van der Waals surface area contributed by atoms with Gasteiger partial charge >= 0.3 is 0 Å². The standard InChI is InChI=1S/C10H16N4S2/c1-8(9(11)15)13-3-5-14(6-4-13)10-12-2-7-16-10/h2,7-8H,3-6H2,1H3,(H2,11,15). The van der Waals surface area contributed by atoms with Crippen LogP contribution in [0.2, 0.25) is 0 Å². The molecular weight excluding hydrogens is 240 g/mol. The van der Waals surface area contributed by atoms with Gasteiger partial charge in [0.15, 0.2) is 5.13 Å². The maximum atomic E-state index is 5.66. The summed E-state index contributed by atoms with van der Waals surface area (Å²) in [5.41, 5.74) is 5.66. The predicted molar refractivity (Wildman–Crippen MR) is 72.1 cm³/mol. The van der Waals surface area contributed by atoms with Crippen molar-refractivity contribution in [2.75, 3.05) is 31.1 Å². The average Bonchev–Trinajstić information content (AvgIpc) is 2.81. The number of thiazole rings is 1. The van der Waals surface area contributed by atoms with Crippen LogP contribution in [0.3, 0.4) is 0 Å². The molecule has 88 valence electrons. The van der Waals surface area contributed by atoms with Crippen LogP contribution in [0.4, 0.5) is 5.13 Å². The summed E-state index contributed by atoms with van der Waals surface area (Å²) in [5.74, 6) is 0. The Morgan fingerprint density at radius 3 is 2.69 bits per heavy atom. The van der Waals surface area contributed by atoms with Crippen LogP contribution in [0.25, 0.3) is 0 Å². The maximum Gasteiger partial charge on any atom is 0.185 e. The lowest BCUT2D eigenvalue weighted by Crippen LogP contribution is -2.52. The molecule has 1 fully saturated rings. The molecule has 1 aliphatic rings. The Bertz CT molecular complexity index is 344. The minimum atomic E-state index is 0.202. The molecule has 1 aromatic heterocycles. The minimum absolute atomic E-state index is 0.202. The Labute approximate surface area is 105 Å². The monoisotopic (exact) mass is 256 g/mol. The summed E-state index contributed by atoms with van der Waals surface area (Å²) in [6.45, 7) is 6.07. The van der Waals surface area contributed by atoms with Gasteiger partial charge in [0.2, 0.25) is 0 Å². The van der Waals surface area contributed by atoms with Crippen molar-refractivity contribution >= 4 is 33.7 Å². The number of thiocarbonyl (C=S) groups is 1. The van der Waals surface area contributed by atoms with E-state index in [0.717, 1.165) is 31.3 Å². The van der Waals surface area contributed by atoms with Crippen LogP contribution < -0.4 is 10.6 Å². The van der Waals surface area contributed by atoms with Crippen LogP contribution in [0.15, 0.2) is 11.6 Å². The van der Waals surface area contributed by atoms with Crippen molar-refractivity contribution in [1.29, 1.82) is 0 Å². The van der Waals surface area contributed by atoms with E-state index in [4.69, 9.17) is 18.0 Å². The Balaban J connectivity index is 1.90. The number of piperazine rings is 1. The van der Waals surface area contributed by atoms with Crippen LogP contribution in [0, 0.1) is 0 Å². The highest BCUT2D eigenvalue weighted by Gasteiger charge is 2.23. The van der Waals surface area contributed by atoms with Gasteiger partial charge in [0.25, 0.3) is 0 Å². The second-order valence-electron chi connectivity index (χ2n) is 3.92. The SMILES string of the molecule is CC(C(N)=S)N1CCN(c2nccs2)CC1. The fourth-order valence-corrected chi connectivity index (χ4v) is 2.70.